The molecule has 0 amide bonds. The summed E-state index contributed by atoms with van der Waals surface area (Å²) in [6.07, 6.45) is 0. The lowest BCUT2D eigenvalue weighted by atomic mass is 10.2. The molecule has 0 atom stereocenters. The van der Waals surface area contributed by atoms with Gasteiger partial charge >= 0.3 is 0 Å². The van der Waals surface area contributed by atoms with Gasteiger partial charge in [0.25, 0.3) is 0 Å². The van der Waals surface area contributed by atoms with E-state index in [2.05, 4.69) is 63.3 Å². The molecule has 96 valence electrons. The molecule has 0 aliphatic heterocycles. The van der Waals surface area contributed by atoms with Crippen LogP contribution < -0.4 is 5.32 Å². The van der Waals surface area contributed by atoms with Crippen LogP contribution in [0.3, 0.4) is 0 Å². The van der Waals surface area contributed by atoms with Crippen molar-refractivity contribution in [2.24, 2.45) is 0 Å². The first-order chi connectivity index (χ1) is 8.49. The van der Waals surface area contributed by atoms with Gasteiger partial charge in [0.2, 0.25) is 0 Å². The summed E-state index contributed by atoms with van der Waals surface area (Å²) in [5.74, 6) is 0. The van der Waals surface area contributed by atoms with Crippen molar-refractivity contribution >= 4 is 53.5 Å². The van der Waals surface area contributed by atoms with Crippen LogP contribution in [0.5, 0.6) is 0 Å². The fourth-order valence-corrected chi connectivity index (χ4v) is 4.26. The van der Waals surface area contributed by atoms with Crippen LogP contribution in [0.4, 0.5) is 5.69 Å². The lowest BCUT2D eigenvalue weighted by molar-refractivity contribution is 1.02. The lowest BCUT2D eigenvalue weighted by Crippen LogP contribution is -2.03. The number of aromatic amines is 1. The summed E-state index contributed by atoms with van der Waals surface area (Å²) in [5.41, 5.74) is 4.38. The number of hydrogen-bond donors (Lipinski definition) is 2. The van der Waals surface area contributed by atoms with E-state index in [9.17, 15) is 0 Å². The maximum Gasteiger partial charge on any atom is 0.0643 e. The molecule has 0 spiro atoms. The van der Waals surface area contributed by atoms with Gasteiger partial charge in [-0.05, 0) is 57.8 Å². The van der Waals surface area contributed by atoms with Gasteiger partial charge in [-0.2, -0.15) is 5.10 Å². The molecule has 0 aliphatic carbocycles. The maximum absolute atomic E-state index is 4.19. The predicted molar refractivity (Wildman–Crippen MR) is 84.9 cm³/mol. The zero-order valence-corrected chi connectivity index (χ0v) is 14.7. The molecule has 0 saturated heterocycles. The average Bonchev–Trinajstić information content (AvgIpc) is 2.58. The summed E-state index contributed by atoms with van der Waals surface area (Å²) < 4.78 is 3.06. The van der Waals surface area contributed by atoms with Crippen molar-refractivity contribution in [2.45, 2.75) is 20.4 Å². The number of halogens is 3. The standard InChI is InChI=1S/C12H12Br3N3/c1-6-9(7(2)18-17-6)5-16-12-10(14)3-8(13)4-11(12)15/h3-4,16H,5H2,1-2H3,(H,17,18). The maximum atomic E-state index is 4.19. The molecule has 0 fully saturated rings. The highest BCUT2D eigenvalue weighted by Gasteiger charge is 2.10. The average molecular weight is 438 g/mol. The molecule has 0 aliphatic rings. The Labute approximate surface area is 131 Å². The van der Waals surface area contributed by atoms with Gasteiger partial charge in [-0.3, -0.25) is 5.10 Å². The summed E-state index contributed by atoms with van der Waals surface area (Å²) in [4.78, 5) is 0. The van der Waals surface area contributed by atoms with Crippen molar-refractivity contribution in [1.82, 2.24) is 10.2 Å². The summed E-state index contributed by atoms with van der Waals surface area (Å²) in [5, 5.41) is 10.6. The van der Waals surface area contributed by atoms with Crippen molar-refractivity contribution in [1.29, 1.82) is 0 Å². The number of aryl methyl sites for hydroxylation is 2. The van der Waals surface area contributed by atoms with Crippen LogP contribution >= 0.6 is 47.8 Å². The minimum Gasteiger partial charge on any atom is -0.379 e. The first-order valence-electron chi connectivity index (χ1n) is 5.38. The Morgan fingerprint density at radius 1 is 1.17 bits per heavy atom. The van der Waals surface area contributed by atoms with E-state index < -0.39 is 0 Å². The topological polar surface area (TPSA) is 40.7 Å². The van der Waals surface area contributed by atoms with Crippen LogP contribution in [0, 0.1) is 13.8 Å². The second-order valence-corrected chi connectivity index (χ2v) is 6.63. The minimum absolute atomic E-state index is 0.743. The molecule has 2 aromatic rings. The molecule has 2 rings (SSSR count). The van der Waals surface area contributed by atoms with E-state index in [1.165, 1.54) is 5.56 Å². The number of aromatic nitrogens is 2. The van der Waals surface area contributed by atoms with Crippen LogP contribution in [-0.4, -0.2) is 10.2 Å². The molecule has 6 heteroatoms. The Morgan fingerprint density at radius 3 is 2.28 bits per heavy atom. The van der Waals surface area contributed by atoms with Crippen molar-refractivity contribution < 1.29 is 0 Å². The highest BCUT2D eigenvalue weighted by molar-refractivity contribution is 9.11. The summed E-state index contributed by atoms with van der Waals surface area (Å²) in [6, 6.07) is 4.03. The van der Waals surface area contributed by atoms with Crippen molar-refractivity contribution in [3.05, 3.63) is 42.5 Å². The van der Waals surface area contributed by atoms with Gasteiger partial charge in [-0.15, -0.1) is 0 Å². The Balaban J connectivity index is 2.21. The summed E-state index contributed by atoms with van der Waals surface area (Å²) in [6.45, 7) is 4.78. The third-order valence-corrected chi connectivity index (χ3v) is 4.44. The van der Waals surface area contributed by atoms with Gasteiger partial charge in [0.05, 0.1) is 11.4 Å². The van der Waals surface area contributed by atoms with Crippen LogP contribution in [0.25, 0.3) is 0 Å². The quantitative estimate of drug-likeness (QED) is 0.715. The van der Waals surface area contributed by atoms with Crippen LogP contribution in [0.2, 0.25) is 0 Å². The van der Waals surface area contributed by atoms with E-state index in [-0.39, 0.29) is 0 Å². The van der Waals surface area contributed by atoms with E-state index in [1.807, 2.05) is 26.0 Å². The van der Waals surface area contributed by atoms with Gasteiger partial charge < -0.3 is 5.32 Å². The molecule has 0 saturated carbocycles. The Hall–Kier alpha value is -0.330. The smallest absolute Gasteiger partial charge is 0.0643 e. The third-order valence-electron chi connectivity index (χ3n) is 2.73. The van der Waals surface area contributed by atoms with Gasteiger partial charge in [0.15, 0.2) is 0 Å². The van der Waals surface area contributed by atoms with E-state index >= 15 is 0 Å². The SMILES string of the molecule is Cc1n[nH]c(C)c1CNc1c(Br)cc(Br)cc1Br. The molecule has 1 aromatic carbocycles. The largest absolute Gasteiger partial charge is 0.379 e. The molecule has 0 bridgehead atoms. The molecule has 1 aromatic heterocycles. The molecular formula is C12H12Br3N3. The Kier molecular flexibility index (Phi) is 4.50. The number of nitrogens with zero attached hydrogens (tertiary/aromatic N) is 1. The monoisotopic (exact) mass is 435 g/mol. The number of H-pyrrole nitrogens is 1. The van der Waals surface area contributed by atoms with E-state index in [0.717, 1.165) is 37.0 Å². The van der Waals surface area contributed by atoms with Crippen molar-refractivity contribution in [3.63, 3.8) is 0 Å². The van der Waals surface area contributed by atoms with Gasteiger partial charge in [0.1, 0.15) is 0 Å². The second-order valence-electron chi connectivity index (χ2n) is 4.01. The Bertz CT molecular complexity index is 535. The molecule has 0 unspecified atom stereocenters. The second kappa shape index (κ2) is 5.75. The molecule has 2 N–H and O–H groups in total. The fraction of sp³-hybridized carbons (Fsp3) is 0.250. The first kappa shape index (κ1) is 14.1. The van der Waals surface area contributed by atoms with Crippen LogP contribution in [-0.2, 0) is 6.54 Å². The van der Waals surface area contributed by atoms with Gasteiger partial charge in [-0.25, -0.2) is 0 Å². The third kappa shape index (κ3) is 2.97. The predicted octanol–water partition coefficient (Wildman–Crippen LogP) is 4.93. The Morgan fingerprint density at radius 2 is 1.78 bits per heavy atom. The number of anilines is 1. The van der Waals surface area contributed by atoms with E-state index in [4.69, 9.17) is 0 Å². The van der Waals surface area contributed by atoms with Crippen molar-refractivity contribution in [2.75, 3.05) is 5.32 Å². The van der Waals surface area contributed by atoms with Crippen molar-refractivity contribution in [3.8, 4) is 0 Å². The number of nitrogens with one attached hydrogen (secondary N) is 2. The van der Waals surface area contributed by atoms with E-state index in [0.29, 0.717) is 0 Å². The van der Waals surface area contributed by atoms with Crippen LogP contribution in [0.15, 0.2) is 25.6 Å². The normalized spacial score (nSPS) is 10.7. The van der Waals surface area contributed by atoms with Gasteiger partial charge in [0, 0.05) is 31.2 Å². The minimum atomic E-state index is 0.743. The van der Waals surface area contributed by atoms with Gasteiger partial charge in [-0.1, -0.05) is 15.9 Å². The lowest BCUT2D eigenvalue weighted by Gasteiger charge is -2.11. The fourth-order valence-electron chi connectivity index (χ4n) is 1.72. The zero-order valence-electron chi connectivity index (χ0n) is 9.94. The van der Waals surface area contributed by atoms with E-state index in [1.54, 1.807) is 0 Å². The number of hydrogen-bond acceptors (Lipinski definition) is 2. The first-order valence-corrected chi connectivity index (χ1v) is 7.75. The summed E-state index contributed by atoms with van der Waals surface area (Å²) in [7, 11) is 0. The number of rotatable bonds is 3. The molecule has 0 radical (unpaired) electrons. The highest BCUT2D eigenvalue weighted by Crippen LogP contribution is 2.34. The molecule has 18 heavy (non-hydrogen) atoms. The zero-order chi connectivity index (χ0) is 13.3. The number of benzene rings is 1. The molecule has 3 nitrogen and oxygen atoms in total. The molecule has 1 heterocycles. The highest BCUT2D eigenvalue weighted by atomic mass is 79.9. The van der Waals surface area contributed by atoms with Crippen LogP contribution in [0.1, 0.15) is 17.0 Å². The summed E-state index contributed by atoms with van der Waals surface area (Å²) >= 11 is 10.6. The molecular weight excluding hydrogens is 426 g/mol.